The van der Waals surface area contributed by atoms with Gasteiger partial charge in [-0.05, 0) is 50.6 Å². The van der Waals surface area contributed by atoms with Gasteiger partial charge in [0.2, 0.25) is 5.91 Å². The largest absolute Gasteiger partial charge is 0.353 e. The summed E-state index contributed by atoms with van der Waals surface area (Å²) in [6.45, 7) is 8.92. The fraction of sp³-hybridized carbons (Fsp3) is 0.280. The maximum atomic E-state index is 12.9. The van der Waals surface area contributed by atoms with E-state index in [0.717, 1.165) is 47.2 Å². The lowest BCUT2D eigenvalue weighted by Gasteiger charge is -2.35. The van der Waals surface area contributed by atoms with Gasteiger partial charge in [-0.2, -0.15) is 14.6 Å². The van der Waals surface area contributed by atoms with Crippen LogP contribution in [0.4, 0.5) is 5.82 Å². The number of aromatic nitrogens is 5. The zero-order chi connectivity index (χ0) is 22.9. The fourth-order valence-corrected chi connectivity index (χ4v) is 4.49. The average Bonchev–Trinajstić information content (AvgIpc) is 3.41. The maximum Gasteiger partial charge on any atom is 0.254 e. The van der Waals surface area contributed by atoms with Crippen molar-refractivity contribution < 1.29 is 4.79 Å². The lowest BCUT2D eigenvalue weighted by Crippen LogP contribution is -2.48. The molecule has 168 valence electrons. The van der Waals surface area contributed by atoms with Gasteiger partial charge in [0.25, 0.3) is 5.78 Å². The third-order valence-electron chi connectivity index (χ3n) is 6.17. The summed E-state index contributed by atoms with van der Waals surface area (Å²) < 4.78 is 3.97. The second kappa shape index (κ2) is 8.54. The summed E-state index contributed by atoms with van der Waals surface area (Å²) in [5.74, 6) is 1.60. The van der Waals surface area contributed by atoms with Gasteiger partial charge >= 0.3 is 0 Å². The van der Waals surface area contributed by atoms with Crippen molar-refractivity contribution in [3.05, 3.63) is 77.5 Å². The van der Waals surface area contributed by atoms with E-state index < -0.39 is 0 Å². The van der Waals surface area contributed by atoms with Crippen LogP contribution in [-0.4, -0.2) is 61.1 Å². The number of nitrogens with zero attached hydrogens (tertiary/aromatic N) is 7. The summed E-state index contributed by atoms with van der Waals surface area (Å²) in [5.41, 5.74) is 5.36. The van der Waals surface area contributed by atoms with Gasteiger partial charge in [-0.15, -0.1) is 0 Å². The lowest BCUT2D eigenvalue weighted by atomic mass is 10.2. The van der Waals surface area contributed by atoms with Crippen molar-refractivity contribution >= 4 is 23.6 Å². The number of carbonyl (C=O) groups excluding carboxylic acids is 1. The molecule has 0 bridgehead atoms. The Balaban J connectivity index is 1.27. The van der Waals surface area contributed by atoms with Gasteiger partial charge in [-0.25, -0.2) is 4.98 Å². The van der Waals surface area contributed by atoms with Crippen molar-refractivity contribution in [1.82, 2.24) is 29.0 Å². The highest BCUT2D eigenvalue weighted by Crippen LogP contribution is 2.22. The first-order chi connectivity index (χ1) is 16.0. The minimum atomic E-state index is 0.0379. The summed E-state index contributed by atoms with van der Waals surface area (Å²) in [6, 6.07) is 14.4. The zero-order valence-corrected chi connectivity index (χ0v) is 19.1. The highest BCUT2D eigenvalue weighted by Gasteiger charge is 2.22. The summed E-state index contributed by atoms with van der Waals surface area (Å²) in [7, 11) is 0. The predicted octanol–water partition coefficient (Wildman–Crippen LogP) is 3.20. The zero-order valence-electron chi connectivity index (χ0n) is 19.1. The molecule has 8 nitrogen and oxygen atoms in total. The first-order valence-electron chi connectivity index (χ1n) is 11.1. The van der Waals surface area contributed by atoms with Crippen molar-refractivity contribution in [2.75, 3.05) is 31.1 Å². The molecule has 0 unspecified atom stereocenters. The smallest absolute Gasteiger partial charge is 0.254 e. The lowest BCUT2D eigenvalue weighted by molar-refractivity contribution is -0.126. The van der Waals surface area contributed by atoms with Crippen molar-refractivity contribution in [1.29, 1.82) is 0 Å². The number of hydrogen-bond donors (Lipinski definition) is 0. The van der Waals surface area contributed by atoms with E-state index in [-0.39, 0.29) is 5.91 Å². The van der Waals surface area contributed by atoms with Crippen LogP contribution in [0.3, 0.4) is 0 Å². The second-order valence-corrected chi connectivity index (χ2v) is 8.37. The van der Waals surface area contributed by atoms with Crippen LogP contribution >= 0.6 is 0 Å². The van der Waals surface area contributed by atoms with Crippen LogP contribution in [-0.2, 0) is 4.79 Å². The number of rotatable bonds is 4. The van der Waals surface area contributed by atoms with Crippen LogP contribution in [0.2, 0.25) is 0 Å². The molecule has 1 fully saturated rings. The quantitative estimate of drug-likeness (QED) is 0.455. The van der Waals surface area contributed by atoms with Crippen molar-refractivity contribution in [2.24, 2.45) is 0 Å². The third kappa shape index (κ3) is 4.00. The van der Waals surface area contributed by atoms with Gasteiger partial charge < -0.3 is 14.4 Å². The van der Waals surface area contributed by atoms with Crippen LogP contribution in [0.25, 0.3) is 17.5 Å². The predicted molar refractivity (Wildman–Crippen MR) is 129 cm³/mol. The van der Waals surface area contributed by atoms with Gasteiger partial charge in [-0.1, -0.05) is 18.2 Å². The molecule has 0 saturated carbocycles. The number of benzene rings is 1. The van der Waals surface area contributed by atoms with Crippen LogP contribution in [0.5, 0.6) is 0 Å². The Hall–Kier alpha value is -3.94. The summed E-state index contributed by atoms with van der Waals surface area (Å²) in [5, 5.41) is 4.30. The molecule has 0 spiro atoms. The van der Waals surface area contributed by atoms with E-state index in [1.54, 1.807) is 10.6 Å². The second-order valence-electron chi connectivity index (χ2n) is 8.37. The summed E-state index contributed by atoms with van der Waals surface area (Å²) in [6.07, 6.45) is 5.14. The first kappa shape index (κ1) is 20.9. The molecule has 5 rings (SSSR count). The fourth-order valence-electron chi connectivity index (χ4n) is 4.49. The Morgan fingerprint density at radius 3 is 2.52 bits per heavy atom. The normalized spacial score (nSPS) is 14.5. The molecule has 1 aliphatic heterocycles. The van der Waals surface area contributed by atoms with E-state index in [9.17, 15) is 4.79 Å². The number of carbonyl (C=O) groups is 1. The molecule has 8 heteroatoms. The number of para-hydroxylation sites is 1. The summed E-state index contributed by atoms with van der Waals surface area (Å²) >= 11 is 0. The molecular formula is C25H27N7O. The molecule has 0 aliphatic carbocycles. The highest BCUT2D eigenvalue weighted by molar-refractivity contribution is 5.92. The number of anilines is 1. The van der Waals surface area contributed by atoms with Gasteiger partial charge in [-0.3, -0.25) is 4.79 Å². The number of hydrogen-bond acceptors (Lipinski definition) is 5. The summed E-state index contributed by atoms with van der Waals surface area (Å²) in [4.78, 5) is 25.6. The number of aryl methyl sites for hydroxylation is 2. The SMILES string of the molecule is Cc1cc(N2CCN(C(=O)/C=C/c3cc(C)n(-c4ccccc4)c3C)CC2)n2ncnc2n1. The Morgan fingerprint density at radius 2 is 1.76 bits per heavy atom. The molecule has 3 aromatic heterocycles. The minimum Gasteiger partial charge on any atom is -0.353 e. The molecule has 1 aromatic carbocycles. The third-order valence-corrected chi connectivity index (χ3v) is 6.17. The Labute approximate surface area is 192 Å². The van der Waals surface area contributed by atoms with Crippen molar-refractivity contribution in [3.8, 4) is 5.69 Å². The van der Waals surface area contributed by atoms with E-state index in [2.05, 4.69) is 56.6 Å². The van der Waals surface area contributed by atoms with E-state index >= 15 is 0 Å². The van der Waals surface area contributed by atoms with Gasteiger partial charge in [0, 0.05) is 61.1 Å². The van der Waals surface area contributed by atoms with Crippen molar-refractivity contribution in [3.63, 3.8) is 0 Å². The molecule has 0 radical (unpaired) electrons. The molecule has 0 atom stereocenters. The Morgan fingerprint density at radius 1 is 1.00 bits per heavy atom. The van der Waals surface area contributed by atoms with Gasteiger partial charge in [0.1, 0.15) is 12.1 Å². The molecule has 1 amide bonds. The molecular weight excluding hydrogens is 414 g/mol. The van der Waals surface area contributed by atoms with Gasteiger partial charge in [0.15, 0.2) is 0 Å². The molecule has 33 heavy (non-hydrogen) atoms. The van der Waals surface area contributed by atoms with Crippen LogP contribution < -0.4 is 4.90 Å². The van der Waals surface area contributed by atoms with Crippen LogP contribution in [0.1, 0.15) is 22.6 Å². The highest BCUT2D eigenvalue weighted by atomic mass is 16.2. The average molecular weight is 442 g/mol. The maximum absolute atomic E-state index is 12.9. The Kier molecular flexibility index (Phi) is 5.42. The van der Waals surface area contributed by atoms with E-state index in [1.165, 1.54) is 6.33 Å². The minimum absolute atomic E-state index is 0.0379. The van der Waals surface area contributed by atoms with E-state index in [0.29, 0.717) is 18.9 Å². The van der Waals surface area contributed by atoms with Crippen LogP contribution in [0.15, 0.2) is 54.9 Å². The molecule has 4 aromatic rings. The molecule has 0 N–H and O–H groups in total. The van der Waals surface area contributed by atoms with Gasteiger partial charge in [0.05, 0.1) is 0 Å². The molecule has 1 saturated heterocycles. The number of piperazine rings is 1. The Bertz CT molecular complexity index is 1330. The van der Waals surface area contributed by atoms with Crippen LogP contribution in [0, 0.1) is 20.8 Å². The standard InChI is InChI=1S/C25H27N7O/c1-18-15-23(32-25(28-18)26-17-27-32)29-11-13-30(14-12-29)24(33)10-9-21-16-19(2)31(20(21)3)22-7-5-4-6-8-22/h4-10,15-17H,11-14H2,1-3H3/b10-9+. The first-order valence-corrected chi connectivity index (χ1v) is 11.1. The topological polar surface area (TPSA) is 71.6 Å². The molecule has 4 heterocycles. The monoisotopic (exact) mass is 441 g/mol. The number of fused-ring (bicyclic) bond motifs is 1. The van der Waals surface area contributed by atoms with E-state index in [1.807, 2.05) is 42.2 Å². The number of amides is 1. The molecule has 1 aliphatic rings. The van der Waals surface area contributed by atoms with E-state index in [4.69, 9.17) is 0 Å². The van der Waals surface area contributed by atoms with Crippen molar-refractivity contribution in [2.45, 2.75) is 20.8 Å².